The zero-order valence-electron chi connectivity index (χ0n) is 11.7. The highest BCUT2D eigenvalue weighted by Crippen LogP contribution is 2.23. The highest BCUT2D eigenvalue weighted by atomic mass is 16.4. The Bertz CT molecular complexity index is 861. The van der Waals surface area contributed by atoms with Gasteiger partial charge in [0.1, 0.15) is 5.75 Å². The minimum atomic E-state index is -1.00. The van der Waals surface area contributed by atoms with Gasteiger partial charge in [0.15, 0.2) is 0 Å². The van der Waals surface area contributed by atoms with Gasteiger partial charge < -0.3 is 10.2 Å². The van der Waals surface area contributed by atoms with Gasteiger partial charge in [-0.1, -0.05) is 48.5 Å². The van der Waals surface area contributed by atoms with Gasteiger partial charge >= 0.3 is 5.97 Å². The number of hydrogen-bond acceptors (Lipinski definition) is 2. The van der Waals surface area contributed by atoms with Gasteiger partial charge in [-0.25, -0.2) is 4.79 Å². The SMILES string of the molecule is O=C(O)/C(=C/c1ccc2ccccc2c1)c1ccc(O)cc1. The molecule has 0 amide bonds. The zero-order valence-corrected chi connectivity index (χ0v) is 11.7. The normalized spacial score (nSPS) is 11.5. The van der Waals surface area contributed by atoms with Crippen LogP contribution in [0.15, 0.2) is 66.7 Å². The molecule has 3 rings (SSSR count). The van der Waals surface area contributed by atoms with Crippen LogP contribution in [-0.4, -0.2) is 16.2 Å². The smallest absolute Gasteiger partial charge is 0.336 e. The van der Waals surface area contributed by atoms with Crippen molar-refractivity contribution in [3.8, 4) is 5.75 Å². The van der Waals surface area contributed by atoms with E-state index in [-0.39, 0.29) is 11.3 Å². The van der Waals surface area contributed by atoms with Gasteiger partial charge in [-0.2, -0.15) is 0 Å². The van der Waals surface area contributed by atoms with E-state index in [1.54, 1.807) is 18.2 Å². The van der Waals surface area contributed by atoms with Gasteiger partial charge in [0.25, 0.3) is 0 Å². The van der Waals surface area contributed by atoms with Gasteiger partial charge in [0.05, 0.1) is 5.57 Å². The van der Waals surface area contributed by atoms with Crippen LogP contribution < -0.4 is 0 Å². The maximum atomic E-state index is 11.5. The predicted octanol–water partition coefficient (Wildman–Crippen LogP) is 4.17. The molecule has 0 aromatic heterocycles. The lowest BCUT2D eigenvalue weighted by Crippen LogP contribution is -1.99. The van der Waals surface area contributed by atoms with Gasteiger partial charge in [-0.05, 0) is 46.2 Å². The average molecular weight is 290 g/mol. The molecule has 0 saturated heterocycles. The lowest BCUT2D eigenvalue weighted by molar-refractivity contribution is -0.130. The van der Waals surface area contributed by atoms with Gasteiger partial charge in [-0.3, -0.25) is 0 Å². The Kier molecular flexibility index (Phi) is 3.62. The van der Waals surface area contributed by atoms with Crippen molar-refractivity contribution < 1.29 is 15.0 Å². The van der Waals surface area contributed by atoms with Crippen LogP contribution in [0.1, 0.15) is 11.1 Å². The van der Waals surface area contributed by atoms with Crippen molar-refractivity contribution >= 4 is 28.4 Å². The van der Waals surface area contributed by atoms with Crippen molar-refractivity contribution in [2.45, 2.75) is 0 Å². The van der Waals surface area contributed by atoms with E-state index in [1.807, 2.05) is 42.5 Å². The van der Waals surface area contributed by atoms with E-state index in [2.05, 4.69) is 0 Å². The molecule has 0 aliphatic rings. The summed E-state index contributed by atoms with van der Waals surface area (Å²) in [7, 11) is 0. The molecule has 0 saturated carbocycles. The summed E-state index contributed by atoms with van der Waals surface area (Å²) in [6, 6.07) is 19.9. The number of phenolic OH excluding ortho intramolecular Hbond substituents is 1. The summed E-state index contributed by atoms with van der Waals surface area (Å²) >= 11 is 0. The fourth-order valence-corrected chi connectivity index (χ4v) is 2.37. The van der Waals surface area contributed by atoms with Crippen LogP contribution in [0.3, 0.4) is 0 Å². The van der Waals surface area contributed by atoms with Crippen molar-refractivity contribution in [1.29, 1.82) is 0 Å². The number of carboxylic acid groups (broad SMARTS) is 1. The van der Waals surface area contributed by atoms with Crippen LogP contribution in [0.25, 0.3) is 22.4 Å². The molecule has 2 N–H and O–H groups in total. The number of carbonyl (C=O) groups is 1. The molecule has 3 aromatic carbocycles. The Morgan fingerprint density at radius 3 is 2.23 bits per heavy atom. The monoisotopic (exact) mass is 290 g/mol. The van der Waals surface area contributed by atoms with Crippen LogP contribution in [0.4, 0.5) is 0 Å². The van der Waals surface area contributed by atoms with Gasteiger partial charge in [0.2, 0.25) is 0 Å². The van der Waals surface area contributed by atoms with Crippen LogP contribution in [-0.2, 0) is 4.79 Å². The number of aliphatic carboxylic acids is 1. The Labute approximate surface area is 127 Å². The maximum Gasteiger partial charge on any atom is 0.336 e. The van der Waals surface area contributed by atoms with E-state index < -0.39 is 5.97 Å². The summed E-state index contributed by atoms with van der Waals surface area (Å²) in [5.74, 6) is -0.891. The number of hydrogen-bond donors (Lipinski definition) is 2. The second kappa shape index (κ2) is 5.74. The van der Waals surface area contributed by atoms with Crippen LogP contribution in [0, 0.1) is 0 Å². The van der Waals surface area contributed by atoms with Gasteiger partial charge in [0, 0.05) is 0 Å². The van der Waals surface area contributed by atoms with Crippen molar-refractivity contribution in [3.63, 3.8) is 0 Å². The third-order valence-electron chi connectivity index (χ3n) is 3.49. The fraction of sp³-hybridized carbons (Fsp3) is 0. The van der Waals surface area contributed by atoms with Crippen molar-refractivity contribution in [2.24, 2.45) is 0 Å². The molecule has 3 nitrogen and oxygen atoms in total. The molecule has 0 unspecified atom stereocenters. The first kappa shape index (κ1) is 13.9. The number of benzene rings is 3. The molecule has 3 heteroatoms. The highest BCUT2D eigenvalue weighted by Gasteiger charge is 2.10. The van der Waals surface area contributed by atoms with E-state index in [0.29, 0.717) is 5.56 Å². The summed E-state index contributed by atoms with van der Waals surface area (Å²) in [5.41, 5.74) is 1.57. The molecule has 0 fully saturated rings. The second-order valence-electron chi connectivity index (χ2n) is 5.02. The number of rotatable bonds is 3. The molecule has 0 aliphatic heterocycles. The van der Waals surface area contributed by atoms with Crippen LogP contribution in [0.5, 0.6) is 5.75 Å². The Morgan fingerprint density at radius 1 is 0.864 bits per heavy atom. The minimum Gasteiger partial charge on any atom is -0.508 e. The maximum absolute atomic E-state index is 11.5. The second-order valence-corrected chi connectivity index (χ2v) is 5.02. The van der Waals surface area contributed by atoms with E-state index in [0.717, 1.165) is 16.3 Å². The van der Waals surface area contributed by atoms with Crippen molar-refractivity contribution in [3.05, 3.63) is 77.9 Å². The van der Waals surface area contributed by atoms with E-state index >= 15 is 0 Å². The molecule has 3 aromatic rings. The number of phenols is 1. The Morgan fingerprint density at radius 2 is 1.55 bits per heavy atom. The van der Waals surface area contributed by atoms with Crippen molar-refractivity contribution in [2.75, 3.05) is 0 Å². The Balaban J connectivity index is 2.08. The molecule has 0 bridgehead atoms. The summed E-state index contributed by atoms with van der Waals surface area (Å²) in [6.07, 6.45) is 1.64. The standard InChI is InChI=1S/C19H14O3/c20-17-9-7-15(8-10-17)18(19(21)22)12-13-5-6-14-3-1-2-4-16(14)11-13/h1-12,20H,(H,21,22)/b18-12+. The molecule has 0 aliphatic carbocycles. The lowest BCUT2D eigenvalue weighted by Gasteiger charge is -2.05. The molecule has 108 valence electrons. The first-order valence-electron chi connectivity index (χ1n) is 6.87. The molecule has 0 spiro atoms. The Hall–Kier alpha value is -3.07. The molecule has 0 radical (unpaired) electrons. The van der Waals surface area contributed by atoms with Gasteiger partial charge in [-0.15, -0.1) is 0 Å². The first-order chi connectivity index (χ1) is 10.6. The predicted molar refractivity (Wildman–Crippen MR) is 87.6 cm³/mol. The highest BCUT2D eigenvalue weighted by molar-refractivity contribution is 6.20. The average Bonchev–Trinajstić information content (AvgIpc) is 2.53. The molecular formula is C19H14O3. The molecule has 0 heterocycles. The fourth-order valence-electron chi connectivity index (χ4n) is 2.37. The summed E-state index contributed by atoms with van der Waals surface area (Å²) in [5, 5.41) is 20.9. The summed E-state index contributed by atoms with van der Waals surface area (Å²) in [6.45, 7) is 0. The zero-order chi connectivity index (χ0) is 15.5. The number of aromatic hydroxyl groups is 1. The largest absolute Gasteiger partial charge is 0.508 e. The van der Waals surface area contributed by atoms with E-state index in [9.17, 15) is 15.0 Å². The van der Waals surface area contributed by atoms with Crippen LogP contribution >= 0.6 is 0 Å². The summed E-state index contributed by atoms with van der Waals surface area (Å²) < 4.78 is 0. The third-order valence-corrected chi connectivity index (χ3v) is 3.49. The molecule has 22 heavy (non-hydrogen) atoms. The molecular weight excluding hydrogens is 276 g/mol. The molecule has 0 atom stereocenters. The van der Waals surface area contributed by atoms with E-state index in [4.69, 9.17) is 0 Å². The first-order valence-corrected chi connectivity index (χ1v) is 6.87. The quantitative estimate of drug-likeness (QED) is 0.562. The van der Waals surface area contributed by atoms with Crippen LogP contribution in [0.2, 0.25) is 0 Å². The topological polar surface area (TPSA) is 57.5 Å². The lowest BCUT2D eigenvalue weighted by atomic mass is 10.0. The minimum absolute atomic E-state index is 0.110. The van der Waals surface area contributed by atoms with E-state index in [1.165, 1.54) is 12.1 Å². The number of carboxylic acids is 1. The summed E-state index contributed by atoms with van der Waals surface area (Å²) in [4.78, 5) is 11.5. The third kappa shape index (κ3) is 2.83. The van der Waals surface area contributed by atoms with Crippen molar-refractivity contribution in [1.82, 2.24) is 0 Å². The number of fused-ring (bicyclic) bond motifs is 1.